The summed E-state index contributed by atoms with van der Waals surface area (Å²) < 4.78 is 10.7. The van der Waals surface area contributed by atoms with Crippen molar-refractivity contribution in [1.29, 1.82) is 0 Å². The second-order valence-corrected chi connectivity index (χ2v) is 6.45. The Hall–Kier alpha value is -1.25. The van der Waals surface area contributed by atoms with Crippen LogP contribution < -0.4 is 0 Å². The van der Waals surface area contributed by atoms with Crippen LogP contribution in [0, 0.1) is 0 Å². The van der Waals surface area contributed by atoms with Crippen molar-refractivity contribution in [2.24, 2.45) is 0 Å². The molecule has 3 heteroatoms. The SMILES string of the molecule is CCC=CCCOC(=O)C(C)OC=C(C)CCCCCCCCC. The number of unbranched alkanes of at least 4 members (excludes halogenated alkanes) is 6. The Labute approximate surface area is 149 Å². The molecule has 3 nitrogen and oxygen atoms in total. The predicted octanol–water partition coefficient (Wildman–Crippen LogP) is 6.34. The number of carbonyl (C=O) groups is 1. The van der Waals surface area contributed by atoms with E-state index in [1.54, 1.807) is 13.2 Å². The molecule has 140 valence electrons. The van der Waals surface area contributed by atoms with E-state index in [-0.39, 0.29) is 5.97 Å². The fraction of sp³-hybridized carbons (Fsp3) is 0.762. The van der Waals surface area contributed by atoms with E-state index < -0.39 is 6.10 Å². The molecule has 1 unspecified atom stereocenters. The van der Waals surface area contributed by atoms with Crippen LogP contribution in [0.3, 0.4) is 0 Å². The fourth-order valence-corrected chi connectivity index (χ4v) is 2.32. The van der Waals surface area contributed by atoms with E-state index in [9.17, 15) is 4.79 Å². The molecule has 1 atom stereocenters. The number of ether oxygens (including phenoxy) is 2. The Kier molecular flexibility index (Phi) is 15.7. The van der Waals surface area contributed by atoms with Crippen molar-refractivity contribution in [2.75, 3.05) is 6.61 Å². The molecule has 0 fully saturated rings. The van der Waals surface area contributed by atoms with Gasteiger partial charge >= 0.3 is 5.97 Å². The largest absolute Gasteiger partial charge is 0.487 e. The minimum Gasteiger partial charge on any atom is -0.487 e. The molecule has 0 heterocycles. The lowest BCUT2D eigenvalue weighted by atomic mass is 10.1. The zero-order chi connectivity index (χ0) is 18.0. The monoisotopic (exact) mass is 338 g/mol. The summed E-state index contributed by atoms with van der Waals surface area (Å²) in [4.78, 5) is 11.8. The van der Waals surface area contributed by atoms with Crippen molar-refractivity contribution in [3.63, 3.8) is 0 Å². The zero-order valence-corrected chi connectivity index (χ0v) is 16.3. The molecule has 0 spiro atoms. The van der Waals surface area contributed by atoms with Crippen molar-refractivity contribution in [1.82, 2.24) is 0 Å². The van der Waals surface area contributed by atoms with Gasteiger partial charge in [-0.2, -0.15) is 0 Å². The van der Waals surface area contributed by atoms with E-state index in [4.69, 9.17) is 9.47 Å². The van der Waals surface area contributed by atoms with Gasteiger partial charge in [0, 0.05) is 0 Å². The Balaban J connectivity index is 3.72. The first-order valence-corrected chi connectivity index (χ1v) is 9.74. The summed E-state index contributed by atoms with van der Waals surface area (Å²) >= 11 is 0. The van der Waals surface area contributed by atoms with Gasteiger partial charge in [0.05, 0.1) is 12.9 Å². The molecule has 0 N–H and O–H groups in total. The summed E-state index contributed by atoms with van der Waals surface area (Å²) in [6.07, 6.45) is 17.3. The van der Waals surface area contributed by atoms with Crippen molar-refractivity contribution < 1.29 is 14.3 Å². The predicted molar refractivity (Wildman–Crippen MR) is 102 cm³/mol. The van der Waals surface area contributed by atoms with Crippen molar-refractivity contribution in [3.8, 4) is 0 Å². The fourth-order valence-electron chi connectivity index (χ4n) is 2.32. The average molecular weight is 339 g/mol. The van der Waals surface area contributed by atoms with E-state index in [1.807, 2.05) is 6.08 Å². The van der Waals surface area contributed by atoms with Crippen molar-refractivity contribution in [3.05, 3.63) is 24.0 Å². The molecular formula is C21H38O3. The second-order valence-electron chi connectivity index (χ2n) is 6.45. The lowest BCUT2D eigenvalue weighted by Gasteiger charge is -2.11. The minimum absolute atomic E-state index is 0.292. The van der Waals surface area contributed by atoms with Gasteiger partial charge in [-0.3, -0.25) is 0 Å². The summed E-state index contributed by atoms with van der Waals surface area (Å²) in [6.45, 7) is 8.55. The summed E-state index contributed by atoms with van der Waals surface area (Å²) in [5.74, 6) is -0.292. The van der Waals surface area contributed by atoms with Gasteiger partial charge in [-0.15, -0.1) is 0 Å². The van der Waals surface area contributed by atoms with Crippen LogP contribution in [0.2, 0.25) is 0 Å². The van der Waals surface area contributed by atoms with Gasteiger partial charge in [-0.25, -0.2) is 4.79 Å². The molecule has 0 rings (SSSR count). The molecule has 0 aliphatic rings. The molecule has 0 aromatic rings. The van der Waals surface area contributed by atoms with Crippen LogP contribution in [0.25, 0.3) is 0 Å². The van der Waals surface area contributed by atoms with E-state index in [0.717, 1.165) is 19.3 Å². The van der Waals surface area contributed by atoms with Gasteiger partial charge < -0.3 is 9.47 Å². The minimum atomic E-state index is -0.538. The first-order valence-electron chi connectivity index (χ1n) is 9.74. The van der Waals surface area contributed by atoms with Gasteiger partial charge in [0.2, 0.25) is 0 Å². The number of hydrogen-bond acceptors (Lipinski definition) is 3. The van der Waals surface area contributed by atoms with Crippen molar-refractivity contribution >= 4 is 5.97 Å². The van der Waals surface area contributed by atoms with Gasteiger partial charge in [0.1, 0.15) is 0 Å². The third kappa shape index (κ3) is 14.3. The van der Waals surface area contributed by atoms with Crippen LogP contribution >= 0.6 is 0 Å². The molecule has 0 aliphatic carbocycles. The van der Waals surface area contributed by atoms with Crippen LogP contribution in [0.1, 0.15) is 91.9 Å². The van der Waals surface area contributed by atoms with E-state index >= 15 is 0 Å². The van der Waals surface area contributed by atoms with Gasteiger partial charge in [-0.05, 0) is 45.1 Å². The van der Waals surface area contributed by atoms with E-state index in [0.29, 0.717) is 6.61 Å². The molecule has 0 amide bonds. The standard InChI is InChI=1S/C21H38O3/c1-5-7-9-11-12-13-14-16-19(3)18-24-20(4)21(22)23-17-15-10-8-6-2/h8,10,18,20H,5-7,9,11-17H2,1-4H3. The summed E-state index contributed by atoms with van der Waals surface area (Å²) in [7, 11) is 0. The third-order valence-electron chi connectivity index (χ3n) is 3.91. The third-order valence-corrected chi connectivity index (χ3v) is 3.91. The molecule has 0 radical (unpaired) electrons. The maximum Gasteiger partial charge on any atom is 0.347 e. The van der Waals surface area contributed by atoms with Crippen LogP contribution in [0.4, 0.5) is 0 Å². The zero-order valence-electron chi connectivity index (χ0n) is 16.3. The molecule has 0 saturated carbocycles. The molecule has 0 bridgehead atoms. The number of carbonyl (C=O) groups excluding carboxylic acids is 1. The number of esters is 1. The highest BCUT2D eigenvalue weighted by Gasteiger charge is 2.13. The molecule has 0 aromatic heterocycles. The highest BCUT2D eigenvalue weighted by Crippen LogP contribution is 2.12. The van der Waals surface area contributed by atoms with Crippen LogP contribution in [-0.4, -0.2) is 18.7 Å². The Morgan fingerprint density at radius 2 is 1.67 bits per heavy atom. The topological polar surface area (TPSA) is 35.5 Å². The van der Waals surface area contributed by atoms with Gasteiger partial charge in [0.15, 0.2) is 6.10 Å². The number of allylic oxidation sites excluding steroid dienone is 2. The number of hydrogen-bond donors (Lipinski definition) is 0. The van der Waals surface area contributed by atoms with E-state index in [2.05, 4.69) is 26.8 Å². The highest BCUT2D eigenvalue weighted by atomic mass is 16.6. The Morgan fingerprint density at radius 3 is 2.33 bits per heavy atom. The first-order chi connectivity index (χ1) is 11.6. The smallest absolute Gasteiger partial charge is 0.347 e. The van der Waals surface area contributed by atoms with Crippen molar-refractivity contribution in [2.45, 2.75) is 98.0 Å². The highest BCUT2D eigenvalue weighted by molar-refractivity contribution is 5.74. The Bertz CT molecular complexity index is 358. The summed E-state index contributed by atoms with van der Waals surface area (Å²) in [6, 6.07) is 0. The molecule has 0 aliphatic heterocycles. The summed E-state index contributed by atoms with van der Waals surface area (Å²) in [5.41, 5.74) is 1.19. The quantitative estimate of drug-likeness (QED) is 0.151. The summed E-state index contributed by atoms with van der Waals surface area (Å²) in [5, 5.41) is 0. The first kappa shape index (κ1) is 22.8. The Morgan fingerprint density at radius 1 is 1.00 bits per heavy atom. The molecular weight excluding hydrogens is 300 g/mol. The van der Waals surface area contributed by atoms with E-state index in [1.165, 1.54) is 50.5 Å². The van der Waals surface area contributed by atoms with Crippen LogP contribution in [0.5, 0.6) is 0 Å². The number of rotatable bonds is 15. The average Bonchev–Trinajstić information content (AvgIpc) is 2.58. The van der Waals surface area contributed by atoms with Gasteiger partial charge in [0.25, 0.3) is 0 Å². The lowest BCUT2D eigenvalue weighted by Crippen LogP contribution is -2.22. The normalized spacial score (nSPS) is 13.2. The lowest BCUT2D eigenvalue weighted by molar-refractivity contribution is -0.152. The maximum atomic E-state index is 11.8. The van der Waals surface area contributed by atoms with Crippen LogP contribution in [-0.2, 0) is 14.3 Å². The molecule has 0 aromatic carbocycles. The molecule has 24 heavy (non-hydrogen) atoms. The van der Waals surface area contributed by atoms with Gasteiger partial charge in [-0.1, -0.05) is 64.5 Å². The second kappa shape index (κ2) is 16.6. The maximum absolute atomic E-state index is 11.8. The van der Waals surface area contributed by atoms with Crippen LogP contribution in [0.15, 0.2) is 24.0 Å². The molecule has 0 saturated heterocycles.